The first-order chi connectivity index (χ1) is 7.43. The molecule has 1 saturated carbocycles. The zero-order valence-corrected chi connectivity index (χ0v) is 10.8. The Labute approximate surface area is 98.5 Å². The molecule has 1 aliphatic rings. The zero-order valence-electron chi connectivity index (χ0n) is 9.96. The SMILES string of the molecule is COCCCNCCSC1CCCCC1. The van der Waals surface area contributed by atoms with E-state index < -0.39 is 0 Å². The number of thioether (sulfide) groups is 1. The molecule has 1 fully saturated rings. The number of hydrogen-bond donors (Lipinski definition) is 1. The molecule has 0 spiro atoms. The quantitative estimate of drug-likeness (QED) is 0.649. The second-order valence-corrected chi connectivity index (χ2v) is 5.64. The fraction of sp³-hybridized carbons (Fsp3) is 1.00. The lowest BCUT2D eigenvalue weighted by molar-refractivity contribution is 0.194. The highest BCUT2D eigenvalue weighted by Crippen LogP contribution is 2.27. The molecule has 0 aliphatic heterocycles. The Hall–Kier alpha value is 0.270. The van der Waals surface area contributed by atoms with Crippen LogP contribution in [0.1, 0.15) is 38.5 Å². The van der Waals surface area contributed by atoms with Gasteiger partial charge in [-0.05, 0) is 25.8 Å². The summed E-state index contributed by atoms with van der Waals surface area (Å²) in [5, 5.41) is 4.42. The van der Waals surface area contributed by atoms with Crippen molar-refractivity contribution in [1.82, 2.24) is 5.32 Å². The van der Waals surface area contributed by atoms with E-state index in [4.69, 9.17) is 4.74 Å². The van der Waals surface area contributed by atoms with Gasteiger partial charge in [0.15, 0.2) is 0 Å². The van der Waals surface area contributed by atoms with Gasteiger partial charge in [0.1, 0.15) is 0 Å². The Bertz CT molecular complexity index is 138. The summed E-state index contributed by atoms with van der Waals surface area (Å²) in [6.07, 6.45) is 8.41. The standard InChI is InChI=1S/C12H25NOS/c1-14-10-5-8-13-9-11-15-12-6-3-2-4-7-12/h12-13H,2-11H2,1H3. The van der Waals surface area contributed by atoms with Crippen LogP contribution in [0.15, 0.2) is 0 Å². The Morgan fingerprint density at radius 1 is 1.20 bits per heavy atom. The molecule has 90 valence electrons. The third-order valence-corrected chi connectivity index (χ3v) is 4.27. The molecule has 0 heterocycles. The summed E-state index contributed by atoms with van der Waals surface area (Å²) < 4.78 is 5.00. The van der Waals surface area contributed by atoms with Crippen molar-refractivity contribution in [3.8, 4) is 0 Å². The molecule has 0 unspecified atom stereocenters. The van der Waals surface area contributed by atoms with Crippen molar-refractivity contribution >= 4 is 11.8 Å². The summed E-state index contributed by atoms with van der Waals surface area (Å²) in [6, 6.07) is 0. The van der Waals surface area contributed by atoms with Crippen LogP contribution in [0.4, 0.5) is 0 Å². The number of rotatable bonds is 8. The van der Waals surface area contributed by atoms with Gasteiger partial charge in [0.05, 0.1) is 0 Å². The summed E-state index contributed by atoms with van der Waals surface area (Å²) in [6.45, 7) is 3.13. The molecule has 0 aromatic rings. The van der Waals surface area contributed by atoms with Crippen molar-refractivity contribution in [3.63, 3.8) is 0 Å². The first-order valence-corrected chi connectivity index (χ1v) is 7.29. The van der Waals surface area contributed by atoms with E-state index in [1.165, 1.54) is 37.9 Å². The van der Waals surface area contributed by atoms with E-state index in [9.17, 15) is 0 Å². The van der Waals surface area contributed by atoms with Gasteiger partial charge in [-0.1, -0.05) is 19.3 Å². The average Bonchev–Trinajstić information content (AvgIpc) is 2.29. The minimum Gasteiger partial charge on any atom is -0.385 e. The summed E-state index contributed by atoms with van der Waals surface area (Å²) in [7, 11) is 1.76. The van der Waals surface area contributed by atoms with E-state index in [0.29, 0.717) is 0 Å². The lowest BCUT2D eigenvalue weighted by Gasteiger charge is -2.20. The second-order valence-electron chi connectivity index (χ2n) is 4.23. The maximum atomic E-state index is 5.00. The van der Waals surface area contributed by atoms with Gasteiger partial charge < -0.3 is 10.1 Å². The smallest absolute Gasteiger partial charge is 0.0474 e. The van der Waals surface area contributed by atoms with Crippen LogP contribution in [-0.2, 0) is 4.74 Å². The van der Waals surface area contributed by atoms with Gasteiger partial charge in [-0.15, -0.1) is 0 Å². The molecule has 3 heteroatoms. The van der Waals surface area contributed by atoms with Crippen LogP contribution in [0.25, 0.3) is 0 Å². The van der Waals surface area contributed by atoms with Gasteiger partial charge >= 0.3 is 0 Å². The third-order valence-electron chi connectivity index (χ3n) is 2.89. The summed E-state index contributed by atoms with van der Waals surface area (Å²) in [5.74, 6) is 1.28. The Balaban J connectivity index is 1.79. The highest BCUT2D eigenvalue weighted by atomic mass is 32.2. The maximum absolute atomic E-state index is 5.00. The van der Waals surface area contributed by atoms with Gasteiger partial charge in [-0.2, -0.15) is 11.8 Å². The van der Waals surface area contributed by atoms with Gasteiger partial charge in [0, 0.05) is 31.3 Å². The van der Waals surface area contributed by atoms with Crippen LogP contribution in [-0.4, -0.2) is 37.8 Å². The molecule has 1 rings (SSSR count). The van der Waals surface area contributed by atoms with Crippen LogP contribution in [0.5, 0.6) is 0 Å². The van der Waals surface area contributed by atoms with E-state index >= 15 is 0 Å². The molecule has 1 aliphatic carbocycles. The van der Waals surface area contributed by atoms with Crippen molar-refractivity contribution in [2.75, 3.05) is 32.6 Å². The molecule has 0 aromatic heterocycles. The summed E-state index contributed by atoms with van der Waals surface area (Å²) >= 11 is 2.17. The maximum Gasteiger partial charge on any atom is 0.0474 e. The van der Waals surface area contributed by atoms with Gasteiger partial charge in [0.25, 0.3) is 0 Å². The topological polar surface area (TPSA) is 21.3 Å². The minimum absolute atomic E-state index is 0.878. The number of methoxy groups -OCH3 is 1. The fourth-order valence-corrected chi connectivity index (χ4v) is 3.26. The van der Waals surface area contributed by atoms with Crippen LogP contribution in [0.3, 0.4) is 0 Å². The Morgan fingerprint density at radius 3 is 2.73 bits per heavy atom. The molecule has 0 aromatic carbocycles. The summed E-state index contributed by atoms with van der Waals surface area (Å²) in [4.78, 5) is 0. The lowest BCUT2D eigenvalue weighted by atomic mass is 10.0. The van der Waals surface area contributed by atoms with Crippen molar-refractivity contribution in [2.45, 2.75) is 43.8 Å². The molecule has 15 heavy (non-hydrogen) atoms. The number of nitrogens with one attached hydrogen (secondary N) is 1. The van der Waals surface area contributed by atoms with E-state index in [2.05, 4.69) is 17.1 Å². The van der Waals surface area contributed by atoms with Crippen molar-refractivity contribution < 1.29 is 4.74 Å². The predicted molar refractivity (Wildman–Crippen MR) is 68.7 cm³/mol. The predicted octanol–water partition coefficient (Wildman–Crippen LogP) is 2.68. The molecule has 0 amide bonds. The molecule has 0 bridgehead atoms. The Morgan fingerprint density at radius 2 is 2.00 bits per heavy atom. The van der Waals surface area contributed by atoms with Gasteiger partial charge in [0.2, 0.25) is 0 Å². The number of hydrogen-bond acceptors (Lipinski definition) is 3. The Kier molecular flexibility index (Phi) is 8.44. The third kappa shape index (κ3) is 7.20. The second kappa shape index (κ2) is 9.49. The van der Waals surface area contributed by atoms with Crippen LogP contribution in [0.2, 0.25) is 0 Å². The zero-order chi connectivity index (χ0) is 10.8. The summed E-state index contributed by atoms with van der Waals surface area (Å²) in [5.41, 5.74) is 0. The highest BCUT2D eigenvalue weighted by molar-refractivity contribution is 7.99. The van der Waals surface area contributed by atoms with Gasteiger partial charge in [-0.25, -0.2) is 0 Å². The molecule has 1 N–H and O–H groups in total. The molecule has 0 atom stereocenters. The highest BCUT2D eigenvalue weighted by Gasteiger charge is 2.12. The molecule has 0 radical (unpaired) electrons. The molecular weight excluding hydrogens is 206 g/mol. The lowest BCUT2D eigenvalue weighted by Crippen LogP contribution is -2.21. The van der Waals surface area contributed by atoms with Crippen molar-refractivity contribution in [2.24, 2.45) is 0 Å². The fourth-order valence-electron chi connectivity index (χ4n) is 2.00. The molecule has 0 saturated heterocycles. The van der Waals surface area contributed by atoms with E-state index in [-0.39, 0.29) is 0 Å². The van der Waals surface area contributed by atoms with E-state index in [1.54, 1.807) is 7.11 Å². The van der Waals surface area contributed by atoms with Crippen molar-refractivity contribution in [1.29, 1.82) is 0 Å². The first kappa shape index (κ1) is 13.3. The van der Waals surface area contributed by atoms with Crippen LogP contribution < -0.4 is 5.32 Å². The normalized spacial score (nSPS) is 18.2. The first-order valence-electron chi connectivity index (χ1n) is 6.24. The van der Waals surface area contributed by atoms with Gasteiger partial charge in [-0.3, -0.25) is 0 Å². The van der Waals surface area contributed by atoms with E-state index in [1.807, 2.05) is 0 Å². The van der Waals surface area contributed by atoms with Crippen LogP contribution in [0, 0.1) is 0 Å². The molecule has 2 nitrogen and oxygen atoms in total. The largest absolute Gasteiger partial charge is 0.385 e. The average molecular weight is 231 g/mol. The minimum atomic E-state index is 0.878. The number of ether oxygens (including phenoxy) is 1. The molecular formula is C12H25NOS. The van der Waals surface area contributed by atoms with E-state index in [0.717, 1.165) is 31.4 Å². The monoisotopic (exact) mass is 231 g/mol. The van der Waals surface area contributed by atoms with Crippen molar-refractivity contribution in [3.05, 3.63) is 0 Å². The van der Waals surface area contributed by atoms with Crippen LogP contribution >= 0.6 is 11.8 Å².